The molecule has 1 aliphatic rings. The third-order valence-corrected chi connectivity index (χ3v) is 4.09. The van der Waals surface area contributed by atoms with Crippen LogP contribution in [-0.2, 0) is 4.74 Å². The average molecular weight is 291 g/mol. The van der Waals surface area contributed by atoms with Gasteiger partial charge in [0.2, 0.25) is 0 Å². The van der Waals surface area contributed by atoms with Gasteiger partial charge in [-0.3, -0.25) is 4.79 Å². The lowest BCUT2D eigenvalue weighted by atomic mass is 9.87. The van der Waals surface area contributed by atoms with Gasteiger partial charge in [0, 0.05) is 24.3 Å². The van der Waals surface area contributed by atoms with Gasteiger partial charge in [0.25, 0.3) is 5.91 Å². The van der Waals surface area contributed by atoms with Crippen LogP contribution in [0.15, 0.2) is 18.2 Å². The van der Waals surface area contributed by atoms with Gasteiger partial charge in [-0.2, -0.15) is 0 Å². The number of carboxylic acids is 1. The molecule has 2 rings (SSSR count). The Labute approximate surface area is 124 Å². The number of hydrogen-bond acceptors (Lipinski definition) is 3. The van der Waals surface area contributed by atoms with Crippen molar-refractivity contribution in [1.82, 2.24) is 5.32 Å². The second-order valence-electron chi connectivity index (χ2n) is 5.59. The van der Waals surface area contributed by atoms with Crippen molar-refractivity contribution < 1.29 is 19.4 Å². The van der Waals surface area contributed by atoms with Crippen molar-refractivity contribution in [3.8, 4) is 0 Å². The van der Waals surface area contributed by atoms with Crippen molar-refractivity contribution in [1.29, 1.82) is 0 Å². The number of aryl methyl sites for hydroxylation is 1. The molecule has 0 unspecified atom stereocenters. The molecule has 0 radical (unpaired) electrons. The molecule has 5 heteroatoms. The topological polar surface area (TPSA) is 75.6 Å². The molecule has 1 heterocycles. The summed E-state index contributed by atoms with van der Waals surface area (Å²) in [6.07, 6.45) is 2.40. The lowest BCUT2D eigenvalue weighted by Gasteiger charge is -2.37. The van der Waals surface area contributed by atoms with Crippen LogP contribution in [0.1, 0.15) is 52.5 Å². The summed E-state index contributed by atoms with van der Waals surface area (Å²) in [7, 11) is 0. The van der Waals surface area contributed by atoms with E-state index in [2.05, 4.69) is 5.32 Å². The molecule has 1 saturated heterocycles. The van der Waals surface area contributed by atoms with Crippen LogP contribution >= 0.6 is 0 Å². The van der Waals surface area contributed by atoms with Gasteiger partial charge in [-0.05, 0) is 49.9 Å². The minimum absolute atomic E-state index is 0.137. The zero-order chi connectivity index (χ0) is 15.5. The van der Waals surface area contributed by atoms with E-state index >= 15 is 0 Å². The first-order valence-electron chi connectivity index (χ1n) is 7.21. The van der Waals surface area contributed by atoms with Gasteiger partial charge >= 0.3 is 5.97 Å². The standard InChI is InChI=1S/C16H21NO4/c1-3-16(4-6-21-7-5-16)17-14(18)12-8-11(2)9-13(10-12)15(19)20/h8-10H,3-7H2,1-2H3,(H,17,18)(H,19,20). The highest BCUT2D eigenvalue weighted by atomic mass is 16.5. The second kappa shape index (κ2) is 6.26. The second-order valence-corrected chi connectivity index (χ2v) is 5.59. The predicted molar refractivity (Wildman–Crippen MR) is 78.7 cm³/mol. The number of nitrogens with one attached hydrogen (secondary N) is 1. The molecule has 1 aliphatic heterocycles. The number of rotatable bonds is 4. The van der Waals surface area contributed by atoms with Crippen LogP contribution < -0.4 is 5.32 Å². The molecule has 0 aliphatic carbocycles. The first-order valence-corrected chi connectivity index (χ1v) is 7.21. The Kier molecular flexibility index (Phi) is 4.63. The quantitative estimate of drug-likeness (QED) is 0.893. The minimum atomic E-state index is -1.02. The van der Waals surface area contributed by atoms with Crippen LogP contribution in [0, 0.1) is 6.92 Å². The molecule has 0 saturated carbocycles. The van der Waals surface area contributed by atoms with Crippen molar-refractivity contribution in [2.24, 2.45) is 0 Å². The maximum atomic E-state index is 12.5. The Morgan fingerprint density at radius 3 is 2.43 bits per heavy atom. The highest BCUT2D eigenvalue weighted by molar-refractivity contribution is 5.98. The Bertz CT molecular complexity index is 547. The summed E-state index contributed by atoms with van der Waals surface area (Å²) < 4.78 is 5.35. The summed E-state index contributed by atoms with van der Waals surface area (Å²) in [6.45, 7) is 5.11. The van der Waals surface area contributed by atoms with E-state index in [1.807, 2.05) is 6.92 Å². The first-order chi connectivity index (χ1) is 9.96. The molecule has 5 nitrogen and oxygen atoms in total. The van der Waals surface area contributed by atoms with Gasteiger partial charge in [-0.15, -0.1) is 0 Å². The number of hydrogen-bond donors (Lipinski definition) is 2. The number of carbonyl (C=O) groups excluding carboxylic acids is 1. The number of amides is 1. The van der Waals surface area contributed by atoms with E-state index in [0.29, 0.717) is 18.8 Å². The summed E-state index contributed by atoms with van der Waals surface area (Å²) in [6, 6.07) is 4.70. The summed E-state index contributed by atoms with van der Waals surface area (Å²) in [4.78, 5) is 23.5. The van der Waals surface area contributed by atoms with Gasteiger partial charge in [0.05, 0.1) is 5.56 Å². The van der Waals surface area contributed by atoms with Crippen molar-refractivity contribution in [3.63, 3.8) is 0 Å². The smallest absolute Gasteiger partial charge is 0.335 e. The van der Waals surface area contributed by atoms with E-state index in [1.54, 1.807) is 19.1 Å². The van der Waals surface area contributed by atoms with Crippen LogP contribution in [0.4, 0.5) is 0 Å². The fourth-order valence-electron chi connectivity index (χ4n) is 2.68. The summed E-state index contributed by atoms with van der Waals surface area (Å²) >= 11 is 0. The Morgan fingerprint density at radius 2 is 1.86 bits per heavy atom. The molecule has 1 amide bonds. The van der Waals surface area contributed by atoms with Crippen molar-refractivity contribution in [2.75, 3.05) is 13.2 Å². The van der Waals surface area contributed by atoms with Gasteiger partial charge < -0.3 is 15.2 Å². The van der Waals surface area contributed by atoms with Crippen molar-refractivity contribution in [3.05, 3.63) is 34.9 Å². The monoisotopic (exact) mass is 291 g/mol. The molecular formula is C16H21NO4. The van der Waals surface area contributed by atoms with E-state index in [-0.39, 0.29) is 17.0 Å². The van der Waals surface area contributed by atoms with Gasteiger partial charge in [-0.1, -0.05) is 6.92 Å². The zero-order valence-corrected chi connectivity index (χ0v) is 12.4. The number of carboxylic acid groups (broad SMARTS) is 1. The minimum Gasteiger partial charge on any atom is -0.478 e. The molecule has 1 fully saturated rings. The highest BCUT2D eigenvalue weighted by Gasteiger charge is 2.32. The summed E-state index contributed by atoms with van der Waals surface area (Å²) in [5.41, 5.74) is 1.05. The molecule has 1 aromatic rings. The van der Waals surface area contributed by atoms with E-state index in [0.717, 1.165) is 24.8 Å². The third kappa shape index (κ3) is 3.61. The Morgan fingerprint density at radius 1 is 1.24 bits per heavy atom. The van der Waals surface area contributed by atoms with Gasteiger partial charge in [0.1, 0.15) is 0 Å². The Balaban J connectivity index is 2.21. The maximum absolute atomic E-state index is 12.5. The largest absolute Gasteiger partial charge is 0.478 e. The molecule has 0 atom stereocenters. The van der Waals surface area contributed by atoms with Crippen LogP contribution in [0.2, 0.25) is 0 Å². The lowest BCUT2D eigenvalue weighted by Crippen LogP contribution is -2.51. The average Bonchev–Trinajstić information content (AvgIpc) is 2.47. The van der Waals surface area contributed by atoms with Gasteiger partial charge in [-0.25, -0.2) is 4.79 Å². The van der Waals surface area contributed by atoms with Crippen LogP contribution in [-0.4, -0.2) is 35.7 Å². The number of aromatic carboxylic acids is 1. The van der Waals surface area contributed by atoms with Crippen molar-refractivity contribution in [2.45, 2.75) is 38.6 Å². The van der Waals surface area contributed by atoms with Crippen LogP contribution in [0.5, 0.6) is 0 Å². The van der Waals surface area contributed by atoms with E-state index in [9.17, 15) is 9.59 Å². The molecule has 0 aromatic heterocycles. The molecular weight excluding hydrogens is 270 g/mol. The zero-order valence-electron chi connectivity index (χ0n) is 12.4. The Hall–Kier alpha value is -1.88. The molecule has 1 aromatic carbocycles. The fourth-order valence-corrected chi connectivity index (χ4v) is 2.68. The van der Waals surface area contributed by atoms with E-state index in [1.165, 1.54) is 6.07 Å². The number of carbonyl (C=O) groups is 2. The highest BCUT2D eigenvalue weighted by Crippen LogP contribution is 2.25. The fraction of sp³-hybridized carbons (Fsp3) is 0.500. The molecule has 21 heavy (non-hydrogen) atoms. The lowest BCUT2D eigenvalue weighted by molar-refractivity contribution is 0.0345. The number of ether oxygens (including phenoxy) is 1. The predicted octanol–water partition coefficient (Wildman–Crippen LogP) is 2.38. The molecule has 0 bridgehead atoms. The molecule has 114 valence electrons. The third-order valence-electron chi connectivity index (χ3n) is 4.09. The van der Waals surface area contributed by atoms with Crippen LogP contribution in [0.3, 0.4) is 0 Å². The first kappa shape index (κ1) is 15.5. The van der Waals surface area contributed by atoms with E-state index < -0.39 is 5.97 Å². The summed E-state index contributed by atoms with van der Waals surface area (Å²) in [5.74, 6) is -1.24. The molecule has 2 N–H and O–H groups in total. The molecule has 0 spiro atoms. The van der Waals surface area contributed by atoms with Crippen LogP contribution in [0.25, 0.3) is 0 Å². The van der Waals surface area contributed by atoms with E-state index in [4.69, 9.17) is 9.84 Å². The van der Waals surface area contributed by atoms with Gasteiger partial charge in [0.15, 0.2) is 0 Å². The normalized spacial score (nSPS) is 17.2. The summed E-state index contributed by atoms with van der Waals surface area (Å²) in [5, 5.41) is 12.2. The SMILES string of the molecule is CCC1(NC(=O)c2cc(C)cc(C(=O)O)c2)CCOCC1. The maximum Gasteiger partial charge on any atom is 0.335 e. The number of benzene rings is 1. The van der Waals surface area contributed by atoms with Crippen molar-refractivity contribution >= 4 is 11.9 Å².